The number of ketones is 5. The first kappa shape index (κ1) is 44.7. The van der Waals surface area contributed by atoms with Crippen LogP contribution in [0.3, 0.4) is 0 Å². The molecule has 2 aliphatic heterocycles. The number of hydrogen-bond donors (Lipinski definition) is 6. The standard InChI is InChI=1S/C44H48O18/c1-16-9-10-17(2)33(47)28(16)41(53)62-39-21(6)59-27(15-42(39,7)54)60-24-11-12-26(58-20(24)5)61-40-36(50)30(19(4)45)37(51)44(56)38(52)31-22(14-43(40,44)55)18(3)29-32(35(31)49)23(46)13-25(57-8)34(29)48/h9-10,13,20-21,24,26-27,39-40,47,49,51,54-56H,11-12,14-15H2,1-8H3/t20-,21+,24+,26+,27+,39-,40-,42-,43-,44-/m1/s1. The molecule has 0 saturated carbocycles. The Bertz CT molecular complexity index is 2410. The number of esters is 1. The molecule has 5 aliphatic rings. The highest BCUT2D eigenvalue weighted by Crippen LogP contribution is 2.52. The third-order valence-electron chi connectivity index (χ3n) is 12.7. The van der Waals surface area contributed by atoms with Gasteiger partial charge in [-0.15, -0.1) is 0 Å². The third-order valence-corrected chi connectivity index (χ3v) is 12.7. The summed E-state index contributed by atoms with van der Waals surface area (Å²) in [5.41, 5.74) is -10.4. The first-order valence-corrected chi connectivity index (χ1v) is 20.0. The number of aliphatic hydroxyl groups is 4. The number of rotatable bonds is 8. The van der Waals surface area contributed by atoms with Crippen molar-refractivity contribution < 1.29 is 87.8 Å². The predicted octanol–water partition coefficient (Wildman–Crippen LogP) is 2.52. The van der Waals surface area contributed by atoms with Crippen LogP contribution in [0.5, 0.6) is 11.5 Å². The van der Waals surface area contributed by atoms with Gasteiger partial charge >= 0.3 is 5.97 Å². The van der Waals surface area contributed by atoms with Crippen LogP contribution in [0.15, 0.2) is 35.3 Å². The molecule has 18 heteroatoms. The zero-order valence-electron chi connectivity index (χ0n) is 35.2. The van der Waals surface area contributed by atoms with Gasteiger partial charge in [-0.1, -0.05) is 12.1 Å². The number of aryl methyl sites for hydroxylation is 2. The van der Waals surface area contributed by atoms with Crippen molar-refractivity contribution in [2.75, 3.05) is 7.11 Å². The molecule has 2 saturated heterocycles. The molecule has 7 rings (SSSR count). The number of fused-ring (bicyclic) bond motifs is 3. The molecule has 0 radical (unpaired) electrons. The van der Waals surface area contributed by atoms with Gasteiger partial charge in [0.25, 0.3) is 0 Å². The van der Waals surface area contributed by atoms with Crippen molar-refractivity contribution >= 4 is 34.9 Å². The number of hydrogen-bond acceptors (Lipinski definition) is 18. The molecule has 2 heterocycles. The van der Waals surface area contributed by atoms with E-state index < -0.39 is 129 Å². The molecule has 0 spiro atoms. The number of aliphatic hydroxyl groups excluding tert-OH is 1. The zero-order chi connectivity index (χ0) is 45.7. The number of carbonyl (C=O) groups excluding carboxylic acids is 6. The van der Waals surface area contributed by atoms with Gasteiger partial charge in [0.2, 0.25) is 23.0 Å². The fourth-order valence-corrected chi connectivity index (χ4v) is 9.37. The molecule has 6 N–H and O–H groups in total. The van der Waals surface area contributed by atoms with E-state index >= 15 is 0 Å². The molecule has 2 aromatic carbocycles. The van der Waals surface area contributed by atoms with Gasteiger partial charge < -0.3 is 59.1 Å². The lowest BCUT2D eigenvalue weighted by molar-refractivity contribution is -0.315. The maximum Gasteiger partial charge on any atom is 0.342 e. The molecular weight excluding hydrogens is 816 g/mol. The maximum atomic E-state index is 14.4. The monoisotopic (exact) mass is 864 g/mol. The lowest BCUT2D eigenvalue weighted by atomic mass is 9.58. The van der Waals surface area contributed by atoms with Crippen LogP contribution in [0, 0.1) is 20.8 Å². The van der Waals surface area contributed by atoms with Crippen molar-refractivity contribution in [2.24, 2.45) is 0 Å². The van der Waals surface area contributed by atoms with Gasteiger partial charge in [0, 0.05) is 30.9 Å². The lowest BCUT2D eigenvalue weighted by Crippen LogP contribution is -2.74. The molecule has 0 aromatic heterocycles. The van der Waals surface area contributed by atoms with Crippen molar-refractivity contribution in [3.8, 4) is 11.5 Å². The van der Waals surface area contributed by atoms with Crippen LogP contribution in [0.25, 0.3) is 0 Å². The Morgan fingerprint density at radius 3 is 2.10 bits per heavy atom. The fraction of sp³-hybridized carbons (Fsp3) is 0.500. The van der Waals surface area contributed by atoms with Crippen LogP contribution in [0.1, 0.15) is 111 Å². The highest BCUT2D eigenvalue weighted by molar-refractivity contribution is 6.29. The molecule has 3 aliphatic carbocycles. The van der Waals surface area contributed by atoms with E-state index in [1.54, 1.807) is 39.8 Å². The van der Waals surface area contributed by atoms with Gasteiger partial charge in [-0.2, -0.15) is 0 Å². The molecule has 18 nitrogen and oxygen atoms in total. The normalized spacial score (nSPS) is 33.3. The summed E-state index contributed by atoms with van der Waals surface area (Å²) in [7, 11) is 1.15. The average Bonchev–Trinajstić information content (AvgIpc) is 3.18. The first-order valence-electron chi connectivity index (χ1n) is 20.0. The molecule has 0 amide bonds. The second kappa shape index (κ2) is 15.5. The minimum atomic E-state index is -3.49. The van der Waals surface area contributed by atoms with Crippen LogP contribution < -0.4 is 0 Å². The van der Waals surface area contributed by atoms with Gasteiger partial charge in [0.05, 0.1) is 36.5 Å². The van der Waals surface area contributed by atoms with E-state index in [1.807, 2.05) is 0 Å². The second-order valence-corrected chi connectivity index (χ2v) is 16.9. The summed E-state index contributed by atoms with van der Waals surface area (Å²) in [4.78, 5) is 81.0. The van der Waals surface area contributed by atoms with Crippen molar-refractivity contribution in [3.05, 3.63) is 79.8 Å². The molecule has 10 atom stereocenters. The number of ether oxygens (including phenoxy) is 6. The highest BCUT2D eigenvalue weighted by Gasteiger charge is 2.71. The van der Waals surface area contributed by atoms with E-state index in [4.69, 9.17) is 28.4 Å². The summed E-state index contributed by atoms with van der Waals surface area (Å²) in [6.45, 7) is 10.1. The van der Waals surface area contributed by atoms with E-state index in [0.717, 1.165) is 20.1 Å². The van der Waals surface area contributed by atoms with Crippen LogP contribution >= 0.6 is 0 Å². The molecule has 0 unspecified atom stereocenters. The summed E-state index contributed by atoms with van der Waals surface area (Å²) in [5.74, 6) is -9.67. The smallest absolute Gasteiger partial charge is 0.342 e. The summed E-state index contributed by atoms with van der Waals surface area (Å²) in [6, 6.07) is 3.32. The van der Waals surface area contributed by atoms with Crippen LogP contribution in [-0.2, 0) is 44.4 Å². The SMILES string of the molecule is COC1=CC(=O)c2c(O)c3c(c(C)c2C1=O)C[C@@]1(O)[C@H](O[C@H]2CC[C@H](O[C@H]4C[C@@](C)(O)[C@H](OC(=O)c5c(C)ccc(C)c5O)[C@H](C)O4)[C@@H](C)O2)C(=O)C(C(C)=O)=C(O)[C@@]1(O)C3=O. The summed E-state index contributed by atoms with van der Waals surface area (Å²) in [6.07, 6.45) is -8.40. The number of allylic oxidation sites excluding steroid dienone is 2. The Morgan fingerprint density at radius 2 is 1.48 bits per heavy atom. The average molecular weight is 865 g/mol. The number of Topliss-reactive ketones (excluding diaryl/α,β-unsaturated/α-hetero) is 4. The van der Waals surface area contributed by atoms with Crippen LogP contribution in [0.4, 0.5) is 0 Å². The summed E-state index contributed by atoms with van der Waals surface area (Å²) in [5, 5.41) is 69.4. The number of benzene rings is 2. The zero-order valence-corrected chi connectivity index (χ0v) is 35.2. The predicted molar refractivity (Wildman–Crippen MR) is 210 cm³/mol. The Balaban J connectivity index is 1.11. The van der Waals surface area contributed by atoms with Gasteiger partial charge in [-0.05, 0) is 77.1 Å². The minimum Gasteiger partial charge on any atom is -0.508 e. The topological polar surface area (TPSA) is 279 Å². The van der Waals surface area contributed by atoms with Crippen LogP contribution in [0.2, 0.25) is 0 Å². The fourth-order valence-electron chi connectivity index (χ4n) is 9.37. The molecular formula is C44H48O18. The van der Waals surface area contributed by atoms with E-state index in [1.165, 1.54) is 13.8 Å². The van der Waals surface area contributed by atoms with Crippen molar-refractivity contribution in [3.63, 3.8) is 0 Å². The number of phenolic OH excluding ortho intramolecular Hbond substituents is 2. The Morgan fingerprint density at radius 1 is 0.839 bits per heavy atom. The maximum absolute atomic E-state index is 14.4. The lowest BCUT2D eigenvalue weighted by Gasteiger charge is -2.52. The minimum absolute atomic E-state index is 0.0332. The number of aromatic hydroxyl groups is 2. The van der Waals surface area contributed by atoms with E-state index in [0.29, 0.717) is 11.1 Å². The van der Waals surface area contributed by atoms with Gasteiger partial charge in [-0.3, -0.25) is 24.0 Å². The Kier molecular flexibility index (Phi) is 11.2. The van der Waals surface area contributed by atoms with Gasteiger partial charge in [0.15, 0.2) is 42.1 Å². The first-order chi connectivity index (χ1) is 28.9. The molecule has 0 bridgehead atoms. The molecule has 2 fully saturated rings. The summed E-state index contributed by atoms with van der Waals surface area (Å²) < 4.78 is 35.1. The molecule has 62 heavy (non-hydrogen) atoms. The largest absolute Gasteiger partial charge is 0.508 e. The van der Waals surface area contributed by atoms with Gasteiger partial charge in [-0.25, -0.2) is 4.79 Å². The van der Waals surface area contributed by atoms with E-state index in [-0.39, 0.29) is 53.0 Å². The van der Waals surface area contributed by atoms with Crippen molar-refractivity contribution in [1.82, 2.24) is 0 Å². The van der Waals surface area contributed by atoms with Gasteiger partial charge in [0.1, 0.15) is 39.6 Å². The second-order valence-electron chi connectivity index (χ2n) is 16.9. The number of methoxy groups -OCH3 is 1. The highest BCUT2D eigenvalue weighted by atomic mass is 16.7. The Labute approximate surface area is 354 Å². The third kappa shape index (κ3) is 6.67. The number of carbonyl (C=O) groups is 6. The van der Waals surface area contributed by atoms with E-state index in [2.05, 4.69) is 0 Å². The molecule has 332 valence electrons. The van der Waals surface area contributed by atoms with Crippen LogP contribution in [-0.4, -0.2) is 133 Å². The quantitative estimate of drug-likeness (QED) is 0.164. The van der Waals surface area contributed by atoms with E-state index in [9.17, 15) is 59.4 Å². The van der Waals surface area contributed by atoms with Crippen molar-refractivity contribution in [2.45, 2.75) is 134 Å². The summed E-state index contributed by atoms with van der Waals surface area (Å²) >= 11 is 0. The van der Waals surface area contributed by atoms with Crippen molar-refractivity contribution in [1.29, 1.82) is 0 Å². The Hall–Kier alpha value is -5.34. The number of phenols is 2. The molecule has 2 aromatic rings.